The molecule has 0 saturated carbocycles. The second-order valence-corrected chi connectivity index (χ2v) is 4.40. The molecule has 0 aliphatic carbocycles. The van der Waals surface area contributed by atoms with Crippen LogP contribution < -0.4 is 0 Å². The van der Waals surface area contributed by atoms with Crippen molar-refractivity contribution in [1.29, 1.82) is 0 Å². The summed E-state index contributed by atoms with van der Waals surface area (Å²) in [6.07, 6.45) is 6.44. The van der Waals surface area contributed by atoms with E-state index in [1.807, 2.05) is 0 Å². The Kier molecular flexibility index (Phi) is 5.49. The molecular formula is C15H14NO5. The first-order chi connectivity index (χ1) is 9.86. The minimum absolute atomic E-state index is 0.167. The molecule has 0 spiro atoms. The Balaban J connectivity index is 2.88. The highest BCUT2D eigenvalue weighted by atomic mass is 16.4. The number of hydrogen-bond donors (Lipinski definition) is 2. The summed E-state index contributed by atoms with van der Waals surface area (Å²) in [6.45, 7) is 0. The molecule has 0 fully saturated rings. The van der Waals surface area contributed by atoms with Gasteiger partial charge in [-0.25, -0.2) is 4.79 Å². The molecule has 1 unspecified atom stereocenters. The molecule has 1 aromatic rings. The molecule has 109 valence electrons. The molecule has 6 heteroatoms. The van der Waals surface area contributed by atoms with Crippen LogP contribution in [0.1, 0.15) is 28.8 Å². The molecule has 1 rings (SSSR count). The van der Waals surface area contributed by atoms with Crippen LogP contribution in [0, 0.1) is 12.3 Å². The van der Waals surface area contributed by atoms with Crippen LogP contribution in [0.5, 0.6) is 0 Å². The molecule has 1 aromatic carbocycles. The zero-order chi connectivity index (χ0) is 16.0. The van der Waals surface area contributed by atoms with Gasteiger partial charge in [-0.2, -0.15) is 0 Å². The third-order valence-electron chi connectivity index (χ3n) is 2.98. The van der Waals surface area contributed by atoms with E-state index < -0.39 is 23.9 Å². The third-order valence-corrected chi connectivity index (χ3v) is 2.98. The van der Waals surface area contributed by atoms with Crippen LogP contribution in [0.4, 0.5) is 0 Å². The van der Waals surface area contributed by atoms with E-state index in [1.165, 1.54) is 31.3 Å². The molecule has 6 nitrogen and oxygen atoms in total. The normalized spacial score (nSPS) is 11.2. The van der Waals surface area contributed by atoms with Crippen molar-refractivity contribution < 1.29 is 24.6 Å². The highest BCUT2D eigenvalue weighted by Crippen LogP contribution is 2.12. The Morgan fingerprint density at radius 2 is 1.81 bits per heavy atom. The average molecular weight is 288 g/mol. The largest absolute Gasteiger partial charge is 0.481 e. The lowest BCUT2D eigenvalue weighted by atomic mass is 10.1. The number of carbonyl (C=O) groups excluding carboxylic acids is 1. The van der Waals surface area contributed by atoms with E-state index in [2.05, 4.69) is 5.92 Å². The Hall–Kier alpha value is -2.81. The molecule has 1 atom stereocenters. The number of aliphatic carboxylic acids is 2. The minimum atomic E-state index is -1.25. The highest BCUT2D eigenvalue weighted by molar-refractivity contribution is 5.96. The number of nitrogens with zero attached hydrogens (tertiary/aromatic N) is 1. The van der Waals surface area contributed by atoms with Crippen LogP contribution in [0.25, 0.3) is 0 Å². The van der Waals surface area contributed by atoms with Crippen molar-refractivity contribution in [2.24, 2.45) is 0 Å². The molecular weight excluding hydrogens is 274 g/mol. The van der Waals surface area contributed by atoms with Gasteiger partial charge in [0.15, 0.2) is 0 Å². The van der Waals surface area contributed by atoms with Gasteiger partial charge >= 0.3 is 11.9 Å². The third kappa shape index (κ3) is 4.35. The number of carboxylic acids is 2. The first-order valence-electron chi connectivity index (χ1n) is 6.11. The Bertz CT molecular complexity index is 585. The second kappa shape index (κ2) is 7.10. The second-order valence-electron chi connectivity index (χ2n) is 4.40. The van der Waals surface area contributed by atoms with E-state index in [1.54, 1.807) is 0 Å². The topological polar surface area (TPSA) is 94.9 Å². The van der Waals surface area contributed by atoms with E-state index in [9.17, 15) is 14.4 Å². The van der Waals surface area contributed by atoms with Crippen molar-refractivity contribution in [3.05, 3.63) is 41.8 Å². The zero-order valence-corrected chi connectivity index (χ0v) is 11.4. The van der Waals surface area contributed by atoms with E-state index in [4.69, 9.17) is 16.6 Å². The van der Waals surface area contributed by atoms with Gasteiger partial charge in [0.1, 0.15) is 6.04 Å². The van der Waals surface area contributed by atoms with Crippen molar-refractivity contribution in [2.45, 2.75) is 18.9 Å². The molecule has 2 N–H and O–H groups in total. The number of hydrogen-bond acceptors (Lipinski definition) is 3. The summed E-state index contributed by atoms with van der Waals surface area (Å²) in [5.74, 6) is -0.733. The smallest absolute Gasteiger partial charge is 0.326 e. The standard InChI is InChI=1S/C15H14NO5/c1-3-10-4-6-11(7-5-10)14(19)16(2)12(15(20)21)8-9-13(17)18/h4-7,12H,8-9H2,2H3,(H,17,18)(H,20,21). The fourth-order valence-electron chi connectivity index (χ4n) is 1.78. The maximum Gasteiger partial charge on any atom is 0.326 e. The maximum atomic E-state index is 12.2. The average Bonchev–Trinajstić information content (AvgIpc) is 2.45. The number of carbonyl (C=O) groups is 3. The molecule has 0 bridgehead atoms. The number of benzene rings is 1. The summed E-state index contributed by atoms with van der Waals surface area (Å²) in [5.41, 5.74) is 0.757. The predicted molar refractivity (Wildman–Crippen MR) is 73.1 cm³/mol. The predicted octanol–water partition coefficient (Wildman–Crippen LogP) is 1.01. The van der Waals surface area contributed by atoms with Gasteiger partial charge in [-0.05, 0) is 37.1 Å². The van der Waals surface area contributed by atoms with Crippen LogP contribution in [-0.2, 0) is 9.59 Å². The minimum Gasteiger partial charge on any atom is -0.481 e. The monoisotopic (exact) mass is 288 g/mol. The van der Waals surface area contributed by atoms with Gasteiger partial charge in [-0.15, -0.1) is 0 Å². The quantitative estimate of drug-likeness (QED) is 0.762. The first-order valence-corrected chi connectivity index (χ1v) is 6.11. The van der Waals surface area contributed by atoms with Crippen LogP contribution >= 0.6 is 0 Å². The highest BCUT2D eigenvalue weighted by Gasteiger charge is 2.27. The van der Waals surface area contributed by atoms with E-state index in [0.717, 1.165) is 4.90 Å². The van der Waals surface area contributed by atoms with Gasteiger partial charge in [-0.1, -0.05) is 5.92 Å². The Morgan fingerprint density at radius 3 is 2.24 bits per heavy atom. The van der Waals surface area contributed by atoms with Crippen molar-refractivity contribution in [1.82, 2.24) is 4.90 Å². The summed E-state index contributed by atoms with van der Waals surface area (Å²) < 4.78 is 0. The fourth-order valence-corrected chi connectivity index (χ4v) is 1.78. The van der Waals surface area contributed by atoms with Crippen molar-refractivity contribution in [2.75, 3.05) is 7.05 Å². The number of likely N-dealkylation sites (N-methyl/N-ethyl adjacent to an activating group) is 1. The molecule has 0 heterocycles. The van der Waals surface area contributed by atoms with Crippen LogP contribution in [0.15, 0.2) is 24.3 Å². The zero-order valence-electron chi connectivity index (χ0n) is 11.4. The van der Waals surface area contributed by atoms with E-state index in [0.29, 0.717) is 5.56 Å². The van der Waals surface area contributed by atoms with E-state index in [-0.39, 0.29) is 18.4 Å². The van der Waals surface area contributed by atoms with Gasteiger partial charge < -0.3 is 15.1 Å². The summed E-state index contributed by atoms with van der Waals surface area (Å²) in [6, 6.07) is 4.75. The number of amides is 1. The summed E-state index contributed by atoms with van der Waals surface area (Å²) >= 11 is 0. The van der Waals surface area contributed by atoms with Crippen LogP contribution in [0.2, 0.25) is 0 Å². The molecule has 1 radical (unpaired) electrons. The van der Waals surface area contributed by atoms with Crippen LogP contribution in [0.3, 0.4) is 0 Å². The Labute approximate surface area is 122 Å². The van der Waals surface area contributed by atoms with Crippen molar-refractivity contribution >= 4 is 17.8 Å². The lowest BCUT2D eigenvalue weighted by Gasteiger charge is -2.24. The van der Waals surface area contributed by atoms with Gasteiger partial charge in [0.05, 0.1) is 0 Å². The van der Waals surface area contributed by atoms with Crippen molar-refractivity contribution in [3.8, 4) is 5.92 Å². The molecule has 0 aliphatic heterocycles. The number of carboxylic acid groups (broad SMARTS) is 2. The van der Waals surface area contributed by atoms with Gasteiger partial charge in [0.25, 0.3) is 5.91 Å². The molecule has 0 aromatic heterocycles. The van der Waals surface area contributed by atoms with Gasteiger partial charge in [0.2, 0.25) is 0 Å². The van der Waals surface area contributed by atoms with E-state index >= 15 is 0 Å². The lowest BCUT2D eigenvalue weighted by molar-refractivity contribution is -0.143. The molecule has 21 heavy (non-hydrogen) atoms. The summed E-state index contributed by atoms with van der Waals surface area (Å²) in [7, 11) is 1.32. The molecule has 0 saturated heterocycles. The summed E-state index contributed by atoms with van der Waals surface area (Å²) in [5, 5.41) is 17.7. The van der Waals surface area contributed by atoms with Crippen molar-refractivity contribution in [3.63, 3.8) is 0 Å². The number of rotatable bonds is 6. The molecule has 0 aliphatic rings. The Morgan fingerprint density at radius 1 is 1.24 bits per heavy atom. The van der Waals surface area contributed by atoms with Gasteiger partial charge in [0, 0.05) is 24.6 Å². The first kappa shape index (κ1) is 16.2. The summed E-state index contributed by atoms with van der Waals surface area (Å²) in [4.78, 5) is 34.9. The SMILES string of the molecule is [C]#Cc1ccc(C(=O)N(C)C(CCC(=O)O)C(=O)O)cc1. The fraction of sp³-hybridized carbons (Fsp3) is 0.267. The molecule has 1 amide bonds. The van der Waals surface area contributed by atoms with Crippen LogP contribution in [-0.4, -0.2) is 46.0 Å². The van der Waals surface area contributed by atoms with Gasteiger partial charge in [-0.3, -0.25) is 9.59 Å². The lowest BCUT2D eigenvalue weighted by Crippen LogP contribution is -2.42. The maximum absolute atomic E-state index is 12.2.